The van der Waals surface area contributed by atoms with E-state index in [0.717, 1.165) is 13.2 Å². The van der Waals surface area contributed by atoms with Gasteiger partial charge in [-0.15, -0.1) is 0 Å². The maximum absolute atomic E-state index is 5.47. The molecular weight excluding hydrogens is 182 g/mol. The van der Waals surface area contributed by atoms with Crippen molar-refractivity contribution >= 4 is 11.9 Å². The number of hydrogen-bond acceptors (Lipinski definition) is 2. The number of guanidine groups is 2. The van der Waals surface area contributed by atoms with Crippen LogP contribution in [0.25, 0.3) is 0 Å². The van der Waals surface area contributed by atoms with Crippen LogP contribution >= 0.6 is 0 Å². The Kier molecular flexibility index (Phi) is 2.28. The average molecular weight is 197 g/mol. The first-order valence-electron chi connectivity index (χ1n) is 4.66. The molecule has 0 radical (unpaired) electrons. The van der Waals surface area contributed by atoms with Crippen molar-refractivity contribution in [1.29, 1.82) is 0 Å². The molecule has 2 unspecified atom stereocenters. The highest BCUT2D eigenvalue weighted by atomic mass is 16.5. The van der Waals surface area contributed by atoms with Gasteiger partial charge in [0.05, 0.1) is 13.2 Å². The topological polar surface area (TPSA) is 112 Å². The van der Waals surface area contributed by atoms with Crippen molar-refractivity contribution in [2.45, 2.75) is 0 Å². The molecule has 2 aliphatic rings. The summed E-state index contributed by atoms with van der Waals surface area (Å²) in [5, 5.41) is 0. The van der Waals surface area contributed by atoms with Gasteiger partial charge in [0, 0.05) is 6.54 Å². The Balaban J connectivity index is 1.80. The fraction of sp³-hybridized carbons (Fsp3) is 0.750. The molecule has 14 heavy (non-hydrogen) atoms. The molecule has 0 amide bonds. The summed E-state index contributed by atoms with van der Waals surface area (Å²) in [4.78, 5) is 7.74. The van der Waals surface area contributed by atoms with Crippen LogP contribution in [0.2, 0.25) is 0 Å². The number of nitrogens with two attached hydrogens (primary N) is 3. The fourth-order valence-electron chi connectivity index (χ4n) is 2.00. The highest BCUT2D eigenvalue weighted by molar-refractivity contribution is 5.92. The minimum atomic E-state index is -0.0504. The number of ether oxygens (including phenoxy) is 1. The molecule has 2 rings (SSSR count). The minimum absolute atomic E-state index is 0.0504. The molecule has 0 aromatic heterocycles. The van der Waals surface area contributed by atoms with Crippen LogP contribution in [0, 0.1) is 17.8 Å². The van der Waals surface area contributed by atoms with Gasteiger partial charge in [-0.3, -0.25) is 4.99 Å². The first kappa shape index (κ1) is 9.26. The van der Waals surface area contributed by atoms with E-state index in [0.29, 0.717) is 24.3 Å². The van der Waals surface area contributed by atoms with Gasteiger partial charge in [0.1, 0.15) is 0 Å². The van der Waals surface area contributed by atoms with Crippen LogP contribution in [0.15, 0.2) is 9.98 Å². The van der Waals surface area contributed by atoms with Crippen molar-refractivity contribution in [3.63, 3.8) is 0 Å². The summed E-state index contributed by atoms with van der Waals surface area (Å²) >= 11 is 0. The number of nitrogens with zero attached hydrogens (tertiary/aromatic N) is 2. The predicted molar refractivity (Wildman–Crippen MR) is 53.6 cm³/mol. The number of fused-ring (bicyclic) bond motifs is 1. The molecule has 0 aromatic rings. The van der Waals surface area contributed by atoms with E-state index in [1.165, 1.54) is 0 Å². The van der Waals surface area contributed by atoms with Gasteiger partial charge in [-0.05, 0) is 17.8 Å². The highest BCUT2D eigenvalue weighted by Gasteiger charge is 2.53. The van der Waals surface area contributed by atoms with Gasteiger partial charge in [0.25, 0.3) is 0 Å². The second-order valence-electron chi connectivity index (χ2n) is 3.76. The van der Waals surface area contributed by atoms with Crippen molar-refractivity contribution in [1.82, 2.24) is 0 Å². The van der Waals surface area contributed by atoms with Crippen LogP contribution < -0.4 is 17.2 Å². The Morgan fingerprint density at radius 1 is 1.21 bits per heavy atom. The third-order valence-corrected chi connectivity index (χ3v) is 2.84. The zero-order valence-electron chi connectivity index (χ0n) is 7.89. The van der Waals surface area contributed by atoms with E-state index in [4.69, 9.17) is 21.9 Å². The normalized spacial score (nSPS) is 35.1. The van der Waals surface area contributed by atoms with Gasteiger partial charge < -0.3 is 21.9 Å². The van der Waals surface area contributed by atoms with Crippen molar-refractivity contribution < 1.29 is 4.74 Å². The Bertz CT molecular complexity index is 273. The van der Waals surface area contributed by atoms with Gasteiger partial charge in [0.2, 0.25) is 5.96 Å². The summed E-state index contributed by atoms with van der Waals surface area (Å²) in [6.45, 7) is 2.45. The Morgan fingerprint density at radius 3 is 2.43 bits per heavy atom. The lowest BCUT2D eigenvalue weighted by Crippen LogP contribution is -2.26. The van der Waals surface area contributed by atoms with Gasteiger partial charge in [-0.2, -0.15) is 4.99 Å². The average Bonchev–Trinajstić information content (AvgIpc) is 2.57. The molecule has 0 aromatic carbocycles. The molecule has 78 valence electrons. The number of hydrogen-bond donors (Lipinski definition) is 3. The third-order valence-electron chi connectivity index (χ3n) is 2.84. The van der Waals surface area contributed by atoms with Crippen molar-refractivity contribution in [2.75, 3.05) is 19.8 Å². The summed E-state index contributed by atoms with van der Waals surface area (Å²) < 4.78 is 5.26. The van der Waals surface area contributed by atoms with Crippen LogP contribution in [0.3, 0.4) is 0 Å². The summed E-state index contributed by atoms with van der Waals surface area (Å²) in [5.41, 5.74) is 15.8. The van der Waals surface area contributed by atoms with Crippen LogP contribution in [-0.2, 0) is 4.74 Å². The van der Waals surface area contributed by atoms with Gasteiger partial charge in [-0.25, -0.2) is 0 Å². The van der Waals surface area contributed by atoms with E-state index in [2.05, 4.69) is 9.98 Å². The molecule has 0 bridgehead atoms. The molecule has 0 spiro atoms. The summed E-state index contributed by atoms with van der Waals surface area (Å²) in [7, 11) is 0. The second kappa shape index (κ2) is 3.45. The number of rotatable bonds is 2. The smallest absolute Gasteiger partial charge is 0.218 e. The minimum Gasteiger partial charge on any atom is -0.381 e. The van der Waals surface area contributed by atoms with Gasteiger partial charge in [0.15, 0.2) is 5.96 Å². The molecule has 1 heterocycles. The summed E-state index contributed by atoms with van der Waals surface area (Å²) in [6, 6.07) is 0. The van der Waals surface area contributed by atoms with Gasteiger partial charge in [-0.1, -0.05) is 0 Å². The molecular formula is C8H15N5O. The monoisotopic (exact) mass is 197 g/mol. The lowest BCUT2D eigenvalue weighted by Gasteiger charge is -2.00. The van der Waals surface area contributed by atoms with Crippen molar-refractivity contribution in [3.05, 3.63) is 0 Å². The predicted octanol–water partition coefficient (Wildman–Crippen LogP) is -1.53. The second-order valence-corrected chi connectivity index (χ2v) is 3.76. The first-order chi connectivity index (χ1) is 6.68. The summed E-state index contributed by atoms with van der Waals surface area (Å²) in [5.74, 6) is 2.11. The third kappa shape index (κ3) is 1.79. The molecule has 6 N–H and O–H groups in total. The molecule has 1 aliphatic heterocycles. The van der Waals surface area contributed by atoms with Crippen molar-refractivity contribution in [3.8, 4) is 0 Å². The van der Waals surface area contributed by atoms with E-state index < -0.39 is 0 Å². The standard InChI is InChI=1S/C8H15N5O/c9-7(10)13-8(11)12-1-4-5-2-14-3-6(4)5/h4-6H,1-3H2,(H6,9,10,11,12,13). The maximum atomic E-state index is 5.47. The van der Waals surface area contributed by atoms with E-state index in [1.54, 1.807) is 0 Å². The molecule has 6 nitrogen and oxygen atoms in total. The number of aliphatic imine (C=N–C) groups is 2. The Morgan fingerprint density at radius 2 is 1.86 bits per heavy atom. The van der Waals surface area contributed by atoms with E-state index in [9.17, 15) is 0 Å². The maximum Gasteiger partial charge on any atom is 0.218 e. The highest BCUT2D eigenvalue weighted by Crippen LogP contribution is 2.50. The Hall–Kier alpha value is -1.30. The van der Waals surface area contributed by atoms with Gasteiger partial charge >= 0.3 is 0 Å². The zero-order chi connectivity index (χ0) is 10.1. The Labute approximate surface area is 82.2 Å². The SMILES string of the molecule is NC(N)=NC(N)=NCC1C2COCC12. The zero-order valence-corrected chi connectivity index (χ0v) is 7.89. The van der Waals surface area contributed by atoms with E-state index in [-0.39, 0.29) is 11.9 Å². The lowest BCUT2D eigenvalue weighted by molar-refractivity contribution is 0.152. The van der Waals surface area contributed by atoms with Crippen LogP contribution in [0.1, 0.15) is 0 Å². The molecule has 2 atom stereocenters. The summed E-state index contributed by atoms with van der Waals surface area (Å²) in [6.07, 6.45) is 0. The molecule has 1 aliphatic carbocycles. The molecule has 2 fully saturated rings. The van der Waals surface area contributed by atoms with Crippen LogP contribution in [0.4, 0.5) is 0 Å². The molecule has 1 saturated carbocycles. The fourth-order valence-corrected chi connectivity index (χ4v) is 2.00. The molecule has 6 heteroatoms. The quantitative estimate of drug-likeness (QED) is 0.368. The van der Waals surface area contributed by atoms with E-state index in [1.807, 2.05) is 0 Å². The molecule has 1 saturated heterocycles. The first-order valence-corrected chi connectivity index (χ1v) is 4.66. The van der Waals surface area contributed by atoms with Crippen LogP contribution in [0.5, 0.6) is 0 Å². The lowest BCUT2D eigenvalue weighted by atomic mass is 10.3. The largest absolute Gasteiger partial charge is 0.381 e. The van der Waals surface area contributed by atoms with Crippen LogP contribution in [-0.4, -0.2) is 31.7 Å². The van der Waals surface area contributed by atoms with Crippen molar-refractivity contribution in [2.24, 2.45) is 44.9 Å². The van der Waals surface area contributed by atoms with E-state index >= 15 is 0 Å².